The summed E-state index contributed by atoms with van der Waals surface area (Å²) in [5.74, 6) is -1.06. The Labute approximate surface area is 112 Å². The van der Waals surface area contributed by atoms with Crippen LogP contribution in [0.5, 0.6) is 0 Å². The Morgan fingerprint density at radius 2 is 1.95 bits per heavy atom. The SMILES string of the molecule is CCOC(=O)C1(c2ccccc2)CC(C)(C)OC1=O. The molecule has 1 heterocycles. The van der Waals surface area contributed by atoms with Crippen molar-refractivity contribution in [3.05, 3.63) is 35.9 Å². The molecule has 0 spiro atoms. The predicted octanol–water partition coefficient (Wildman–Crippen LogP) is 2.21. The molecule has 0 N–H and O–H groups in total. The van der Waals surface area contributed by atoms with E-state index in [0.717, 1.165) is 0 Å². The zero-order valence-corrected chi connectivity index (χ0v) is 11.4. The number of carbonyl (C=O) groups excluding carboxylic acids is 2. The molecule has 2 rings (SSSR count). The fourth-order valence-electron chi connectivity index (χ4n) is 2.56. The molecule has 0 amide bonds. The second kappa shape index (κ2) is 4.68. The van der Waals surface area contributed by atoms with Gasteiger partial charge in [-0.05, 0) is 26.3 Å². The topological polar surface area (TPSA) is 52.6 Å². The first-order valence-corrected chi connectivity index (χ1v) is 6.38. The van der Waals surface area contributed by atoms with E-state index in [0.29, 0.717) is 12.0 Å². The summed E-state index contributed by atoms with van der Waals surface area (Å²) in [7, 11) is 0. The lowest BCUT2D eigenvalue weighted by Gasteiger charge is -2.23. The molecule has 4 nitrogen and oxygen atoms in total. The molecule has 4 heteroatoms. The van der Waals surface area contributed by atoms with Crippen molar-refractivity contribution in [1.29, 1.82) is 0 Å². The average molecular weight is 262 g/mol. The number of ether oxygens (including phenoxy) is 2. The van der Waals surface area contributed by atoms with Gasteiger partial charge < -0.3 is 9.47 Å². The van der Waals surface area contributed by atoms with Gasteiger partial charge in [0.15, 0.2) is 5.41 Å². The van der Waals surface area contributed by atoms with Crippen LogP contribution in [0.1, 0.15) is 32.8 Å². The highest BCUT2D eigenvalue weighted by molar-refractivity contribution is 6.07. The van der Waals surface area contributed by atoms with Crippen LogP contribution in [-0.4, -0.2) is 24.1 Å². The summed E-state index contributed by atoms with van der Waals surface area (Å²) in [4.78, 5) is 24.6. The van der Waals surface area contributed by atoms with Gasteiger partial charge in [-0.3, -0.25) is 9.59 Å². The van der Waals surface area contributed by atoms with E-state index in [1.54, 1.807) is 45.0 Å². The Morgan fingerprint density at radius 3 is 2.42 bits per heavy atom. The molecular formula is C15H18O4. The number of cyclic esters (lactones) is 1. The van der Waals surface area contributed by atoms with Crippen molar-refractivity contribution in [3.63, 3.8) is 0 Å². The maximum atomic E-state index is 12.3. The van der Waals surface area contributed by atoms with Crippen LogP contribution in [0.15, 0.2) is 30.3 Å². The van der Waals surface area contributed by atoms with E-state index >= 15 is 0 Å². The molecule has 0 bridgehead atoms. The first kappa shape index (κ1) is 13.6. The molecule has 1 aliphatic rings. The van der Waals surface area contributed by atoms with E-state index in [9.17, 15) is 9.59 Å². The van der Waals surface area contributed by atoms with E-state index < -0.39 is 23.0 Å². The maximum Gasteiger partial charge on any atom is 0.328 e. The lowest BCUT2D eigenvalue weighted by atomic mass is 9.75. The summed E-state index contributed by atoms with van der Waals surface area (Å²) in [5, 5.41) is 0. The molecule has 1 aliphatic heterocycles. The van der Waals surface area contributed by atoms with Gasteiger partial charge in [0, 0.05) is 6.42 Å². The molecule has 1 fully saturated rings. The van der Waals surface area contributed by atoms with Gasteiger partial charge >= 0.3 is 11.9 Å². The lowest BCUT2D eigenvalue weighted by Crippen LogP contribution is -2.42. The van der Waals surface area contributed by atoms with Gasteiger partial charge in [0.05, 0.1) is 6.61 Å². The molecule has 1 atom stereocenters. The quantitative estimate of drug-likeness (QED) is 0.619. The van der Waals surface area contributed by atoms with Gasteiger partial charge in [-0.2, -0.15) is 0 Å². The summed E-state index contributed by atoms with van der Waals surface area (Å²) < 4.78 is 10.5. The fourth-order valence-corrected chi connectivity index (χ4v) is 2.56. The lowest BCUT2D eigenvalue weighted by molar-refractivity contribution is -0.160. The Balaban J connectivity index is 2.52. The van der Waals surface area contributed by atoms with Crippen LogP contribution >= 0.6 is 0 Å². The van der Waals surface area contributed by atoms with Crippen molar-refractivity contribution in [2.75, 3.05) is 6.61 Å². The van der Waals surface area contributed by atoms with E-state index in [4.69, 9.17) is 9.47 Å². The van der Waals surface area contributed by atoms with Gasteiger partial charge in [-0.1, -0.05) is 30.3 Å². The first-order valence-electron chi connectivity index (χ1n) is 6.38. The third-order valence-electron chi connectivity index (χ3n) is 3.30. The monoisotopic (exact) mass is 262 g/mol. The molecule has 0 saturated carbocycles. The second-order valence-electron chi connectivity index (χ2n) is 5.32. The van der Waals surface area contributed by atoms with E-state index in [1.165, 1.54) is 0 Å². The van der Waals surface area contributed by atoms with Crippen molar-refractivity contribution in [1.82, 2.24) is 0 Å². The third-order valence-corrected chi connectivity index (χ3v) is 3.30. The van der Waals surface area contributed by atoms with Crippen LogP contribution in [0.3, 0.4) is 0 Å². The minimum Gasteiger partial charge on any atom is -0.465 e. The predicted molar refractivity (Wildman–Crippen MR) is 69.5 cm³/mol. The van der Waals surface area contributed by atoms with Crippen molar-refractivity contribution in [3.8, 4) is 0 Å². The zero-order valence-electron chi connectivity index (χ0n) is 11.4. The number of rotatable bonds is 3. The number of benzene rings is 1. The van der Waals surface area contributed by atoms with E-state index in [2.05, 4.69) is 0 Å². The molecule has 0 radical (unpaired) electrons. The Morgan fingerprint density at radius 1 is 1.32 bits per heavy atom. The van der Waals surface area contributed by atoms with Gasteiger partial charge in [0.25, 0.3) is 0 Å². The van der Waals surface area contributed by atoms with Crippen molar-refractivity contribution in [2.24, 2.45) is 0 Å². The van der Waals surface area contributed by atoms with Gasteiger partial charge in [0.1, 0.15) is 5.60 Å². The number of hydrogen-bond acceptors (Lipinski definition) is 4. The third kappa shape index (κ3) is 2.23. The average Bonchev–Trinajstić information content (AvgIpc) is 2.61. The highest BCUT2D eigenvalue weighted by atomic mass is 16.6. The summed E-state index contributed by atoms with van der Waals surface area (Å²) in [5.41, 5.74) is -1.37. The standard InChI is InChI=1S/C15H18O4/c1-4-18-12(16)15(11-8-6-5-7-9-11)10-14(2,3)19-13(15)17/h5-9H,4,10H2,1-3H3. The number of hydrogen-bond donors (Lipinski definition) is 0. The minimum absolute atomic E-state index is 0.237. The Hall–Kier alpha value is -1.84. The first-order chi connectivity index (χ1) is 8.92. The van der Waals surface area contributed by atoms with Gasteiger partial charge in [-0.15, -0.1) is 0 Å². The van der Waals surface area contributed by atoms with Crippen LogP contribution in [0.4, 0.5) is 0 Å². The summed E-state index contributed by atoms with van der Waals surface area (Å²) in [6, 6.07) is 8.97. The van der Waals surface area contributed by atoms with E-state index in [1.807, 2.05) is 6.07 Å². The molecular weight excluding hydrogens is 244 g/mol. The normalized spacial score (nSPS) is 24.9. The zero-order chi connectivity index (χ0) is 14.1. The molecule has 19 heavy (non-hydrogen) atoms. The Kier molecular flexibility index (Phi) is 3.35. The summed E-state index contributed by atoms with van der Waals surface area (Å²) >= 11 is 0. The van der Waals surface area contributed by atoms with Crippen LogP contribution < -0.4 is 0 Å². The molecule has 0 aliphatic carbocycles. The molecule has 102 valence electrons. The largest absolute Gasteiger partial charge is 0.465 e. The summed E-state index contributed by atoms with van der Waals surface area (Å²) in [6.07, 6.45) is 0.293. The maximum absolute atomic E-state index is 12.3. The molecule has 1 unspecified atom stereocenters. The smallest absolute Gasteiger partial charge is 0.328 e. The molecule has 1 aromatic carbocycles. The fraction of sp³-hybridized carbons (Fsp3) is 0.467. The van der Waals surface area contributed by atoms with Crippen LogP contribution in [0.2, 0.25) is 0 Å². The highest BCUT2D eigenvalue weighted by Gasteiger charge is 2.60. The van der Waals surface area contributed by atoms with Crippen LogP contribution in [0.25, 0.3) is 0 Å². The second-order valence-corrected chi connectivity index (χ2v) is 5.32. The van der Waals surface area contributed by atoms with Crippen molar-refractivity contribution in [2.45, 2.75) is 38.2 Å². The van der Waals surface area contributed by atoms with Crippen LogP contribution in [0, 0.1) is 0 Å². The van der Waals surface area contributed by atoms with Gasteiger partial charge in [-0.25, -0.2) is 0 Å². The summed E-state index contributed by atoms with van der Waals surface area (Å²) in [6.45, 7) is 5.56. The molecule has 1 aromatic rings. The van der Waals surface area contributed by atoms with Crippen molar-refractivity contribution >= 4 is 11.9 Å². The minimum atomic E-state index is -1.33. The van der Waals surface area contributed by atoms with Crippen LogP contribution in [-0.2, 0) is 24.5 Å². The van der Waals surface area contributed by atoms with Gasteiger partial charge in [0.2, 0.25) is 0 Å². The highest BCUT2D eigenvalue weighted by Crippen LogP contribution is 2.43. The van der Waals surface area contributed by atoms with Crippen molar-refractivity contribution < 1.29 is 19.1 Å². The number of carbonyl (C=O) groups is 2. The van der Waals surface area contributed by atoms with E-state index in [-0.39, 0.29) is 6.61 Å². The molecule has 1 saturated heterocycles. The Bertz CT molecular complexity index is 492. The molecule has 0 aromatic heterocycles. The number of esters is 2.